The summed E-state index contributed by atoms with van der Waals surface area (Å²) in [6, 6.07) is 0. The second kappa shape index (κ2) is 6.31. The Labute approximate surface area is 116 Å². The molecule has 0 saturated heterocycles. The number of rotatable bonds is 5. The molecule has 2 N–H and O–H groups in total. The molecule has 0 aliphatic heterocycles. The van der Waals surface area contributed by atoms with Crippen LogP contribution in [0.25, 0.3) is 0 Å². The lowest BCUT2D eigenvalue weighted by atomic mass is 9.89. The van der Waals surface area contributed by atoms with E-state index in [4.69, 9.17) is 10.2 Å². The van der Waals surface area contributed by atoms with Gasteiger partial charge in [0, 0.05) is 0 Å². The molecule has 0 aliphatic rings. The molecule has 0 heterocycles. The smallest absolute Gasteiger partial charge is 0.460 e. The topological polar surface area (TPSA) is 74.6 Å². The Kier molecular flexibility index (Phi) is 7.13. The van der Waals surface area contributed by atoms with Gasteiger partial charge in [0.2, 0.25) is 0 Å². The average molecular weight is 380 g/mol. The van der Waals surface area contributed by atoms with Crippen molar-refractivity contribution in [1.82, 2.24) is 0 Å². The highest BCUT2D eigenvalue weighted by molar-refractivity contribution is 6.03. The third kappa shape index (κ3) is 3.10. The van der Waals surface area contributed by atoms with Crippen molar-refractivity contribution < 1.29 is 73.1 Å². The highest BCUT2D eigenvalue weighted by Gasteiger charge is 2.89. The Hall–Kier alpha value is -1.90. The van der Waals surface area contributed by atoms with Crippen molar-refractivity contribution in [3.63, 3.8) is 0 Å². The Morgan fingerprint density at radius 3 is 1.00 bits per heavy atom. The minimum Gasteiger partial charge on any atom is -0.478 e. The molecule has 4 nitrogen and oxygen atoms in total. The molecule has 0 aliphatic carbocycles. The van der Waals surface area contributed by atoms with Crippen LogP contribution >= 0.6 is 0 Å². The van der Waals surface area contributed by atoms with Gasteiger partial charge in [-0.15, -0.1) is 0 Å². The molecule has 0 fully saturated rings. The summed E-state index contributed by atoms with van der Waals surface area (Å²) >= 11 is 0. The van der Waals surface area contributed by atoms with Gasteiger partial charge in [-0.05, 0) is 0 Å². The first-order valence-electron chi connectivity index (χ1n) is 4.25. The van der Waals surface area contributed by atoms with Crippen LogP contribution in [0.2, 0.25) is 0 Å². The lowest BCUT2D eigenvalue weighted by molar-refractivity contribution is -0.407. The van der Waals surface area contributed by atoms with Crippen molar-refractivity contribution in [3.05, 3.63) is 0 Å². The third-order valence-corrected chi connectivity index (χ3v) is 2.17. The minimum absolute atomic E-state index is 0. The molecule has 0 amide bonds. The van der Waals surface area contributed by atoms with E-state index in [0.717, 1.165) is 0 Å². The van der Waals surface area contributed by atoms with Gasteiger partial charge >= 0.3 is 41.6 Å². The first kappa shape index (κ1) is 26.0. The number of carbonyl (C=O) groups is 2. The zero-order valence-corrected chi connectivity index (χ0v) is 9.81. The van der Waals surface area contributed by atoms with Crippen molar-refractivity contribution in [1.29, 1.82) is 0 Å². The first-order chi connectivity index (χ1) is 8.89. The van der Waals surface area contributed by atoms with Gasteiger partial charge < -0.3 is 10.2 Å². The molecule has 0 rings (SSSR count). The normalized spacial score (nSPS) is 13.7. The van der Waals surface area contributed by atoms with E-state index in [1.165, 1.54) is 0 Å². The molecule has 0 bridgehead atoms. The molecule has 0 aromatic carbocycles. The van der Waals surface area contributed by atoms with E-state index in [2.05, 4.69) is 0 Å². The minimum atomic E-state index is -7.70. The van der Waals surface area contributed by atoms with Crippen LogP contribution in [-0.4, -0.2) is 51.8 Å². The van der Waals surface area contributed by atoms with Gasteiger partial charge in [0.25, 0.3) is 0 Å². The number of hydrogen-bond donors (Lipinski definition) is 2. The maximum absolute atomic E-state index is 13.1. The molecule has 0 radical (unpaired) electrons. The number of halogens is 12. The maximum atomic E-state index is 13.1. The summed E-state index contributed by atoms with van der Waals surface area (Å²) in [6.07, 6.45) is -7.34. The van der Waals surface area contributed by atoms with Gasteiger partial charge in [0.1, 0.15) is 0 Å². The molecular formula is C7H4F12O4. The lowest BCUT2D eigenvalue weighted by Crippen LogP contribution is -2.71. The van der Waals surface area contributed by atoms with Crippen molar-refractivity contribution >= 4 is 11.9 Å². The van der Waals surface area contributed by atoms with Gasteiger partial charge in [-0.3, -0.25) is 9.41 Å². The van der Waals surface area contributed by atoms with Gasteiger partial charge in [-0.25, -0.2) is 14.0 Å². The van der Waals surface area contributed by atoms with E-state index >= 15 is 0 Å². The van der Waals surface area contributed by atoms with Crippen molar-refractivity contribution in [2.24, 2.45) is 0 Å². The van der Waals surface area contributed by atoms with Crippen LogP contribution in [-0.2, 0) is 9.59 Å². The summed E-state index contributed by atoms with van der Waals surface area (Å²) in [5.41, 5.74) is -6.43. The second-order valence-electron chi connectivity index (χ2n) is 3.49. The van der Waals surface area contributed by atoms with Gasteiger partial charge in [-0.1, -0.05) is 0 Å². The van der Waals surface area contributed by atoms with Crippen molar-refractivity contribution in [2.75, 3.05) is 0 Å². The summed E-state index contributed by atoms with van der Waals surface area (Å²) in [6.45, 7) is 0. The number of carboxylic acids is 2. The van der Waals surface area contributed by atoms with Crippen LogP contribution in [0.3, 0.4) is 0 Å². The highest BCUT2D eigenvalue weighted by atomic mass is 19.4. The SMILES string of the molecule is F.F.O=C(O)C(F)(C(=O)O)C(F)(F)C(F)(F)C(F)(F)C(F)(F)F. The van der Waals surface area contributed by atoms with Gasteiger partial charge in [0.15, 0.2) is 0 Å². The predicted molar refractivity (Wildman–Crippen MR) is 45.0 cm³/mol. The Morgan fingerprint density at radius 1 is 0.565 bits per heavy atom. The standard InChI is InChI=1S/C7H2F10O4.2FH/c8-3(1(18)19,2(20)21)4(9,10)5(11,12)6(13,14)7(15,16)17;;/h(H,18,19)(H,20,21);2*1H. The van der Waals surface area contributed by atoms with Crippen LogP contribution in [0.4, 0.5) is 53.3 Å². The zero-order chi connectivity index (χ0) is 17.7. The van der Waals surface area contributed by atoms with Crippen molar-refractivity contribution in [2.45, 2.75) is 29.6 Å². The molecule has 16 heteroatoms. The summed E-state index contributed by atoms with van der Waals surface area (Å²) in [4.78, 5) is 20.1. The van der Waals surface area contributed by atoms with Crippen LogP contribution in [0.1, 0.15) is 0 Å². The van der Waals surface area contributed by atoms with E-state index in [9.17, 15) is 53.5 Å². The van der Waals surface area contributed by atoms with Gasteiger partial charge in [0.05, 0.1) is 0 Å². The Morgan fingerprint density at radius 2 is 0.826 bits per heavy atom. The van der Waals surface area contributed by atoms with E-state index in [0.29, 0.717) is 0 Å². The van der Waals surface area contributed by atoms with Crippen LogP contribution < -0.4 is 0 Å². The average Bonchev–Trinajstić information content (AvgIpc) is 2.24. The molecule has 0 saturated carbocycles. The van der Waals surface area contributed by atoms with Crippen LogP contribution in [0.5, 0.6) is 0 Å². The maximum Gasteiger partial charge on any atom is 0.460 e. The quantitative estimate of drug-likeness (QED) is 0.568. The fourth-order valence-electron chi connectivity index (χ4n) is 0.952. The summed E-state index contributed by atoms with van der Waals surface area (Å²) < 4.78 is 124. The highest BCUT2D eigenvalue weighted by Crippen LogP contribution is 2.57. The van der Waals surface area contributed by atoms with Crippen molar-refractivity contribution in [3.8, 4) is 0 Å². The van der Waals surface area contributed by atoms with E-state index in [1.807, 2.05) is 0 Å². The monoisotopic (exact) mass is 380 g/mol. The predicted octanol–water partition coefficient (Wildman–Crippen LogP) is 2.64. The largest absolute Gasteiger partial charge is 0.478 e. The molecule has 0 aromatic rings. The molecule has 23 heavy (non-hydrogen) atoms. The molecule has 0 aromatic heterocycles. The Bertz CT molecular complexity index is 441. The van der Waals surface area contributed by atoms with E-state index in [1.54, 1.807) is 0 Å². The Balaban J connectivity index is -0.00000200. The summed E-state index contributed by atoms with van der Waals surface area (Å²) in [7, 11) is 0. The second-order valence-corrected chi connectivity index (χ2v) is 3.49. The molecule has 0 unspecified atom stereocenters. The summed E-state index contributed by atoms with van der Waals surface area (Å²) in [5, 5.41) is 15.8. The lowest BCUT2D eigenvalue weighted by Gasteiger charge is -2.37. The molecular weight excluding hydrogens is 376 g/mol. The third-order valence-electron chi connectivity index (χ3n) is 2.17. The number of carboxylic acid groups (broad SMARTS) is 2. The fourth-order valence-corrected chi connectivity index (χ4v) is 0.952. The molecule has 140 valence electrons. The van der Waals surface area contributed by atoms with Crippen LogP contribution in [0, 0.1) is 0 Å². The fraction of sp³-hybridized carbons (Fsp3) is 0.714. The molecule has 0 atom stereocenters. The van der Waals surface area contributed by atoms with E-state index in [-0.39, 0.29) is 9.41 Å². The molecule has 0 spiro atoms. The zero-order valence-electron chi connectivity index (χ0n) is 9.81. The summed E-state index contributed by atoms with van der Waals surface area (Å²) in [5.74, 6) is -30.5. The number of alkyl halides is 10. The van der Waals surface area contributed by atoms with E-state index < -0.39 is 41.6 Å². The van der Waals surface area contributed by atoms with Crippen LogP contribution in [0.15, 0.2) is 0 Å². The van der Waals surface area contributed by atoms with Gasteiger partial charge in [-0.2, -0.15) is 39.5 Å². The number of hydrogen-bond acceptors (Lipinski definition) is 2. The first-order valence-corrected chi connectivity index (χ1v) is 4.25. The number of aliphatic carboxylic acids is 2.